The van der Waals surface area contributed by atoms with Crippen LogP contribution < -0.4 is 5.32 Å². The van der Waals surface area contributed by atoms with Crippen LogP contribution in [0, 0.1) is 11.3 Å². The van der Waals surface area contributed by atoms with Gasteiger partial charge in [0.25, 0.3) is 0 Å². The van der Waals surface area contributed by atoms with Crippen molar-refractivity contribution in [2.75, 3.05) is 0 Å². The number of nitriles is 1. The lowest BCUT2D eigenvalue weighted by molar-refractivity contribution is 0.0520. The standard InChI is InChI=1S/C11H14N2O3/c1-11(2,3)16-10(14)13-7-9-5-4-8(6-12)15-9/h4-5H,7H2,1-3H3,(H,13,14). The minimum absolute atomic E-state index is 0.205. The summed E-state index contributed by atoms with van der Waals surface area (Å²) < 4.78 is 10.1. The topological polar surface area (TPSA) is 75.3 Å². The molecule has 0 aliphatic rings. The Balaban J connectivity index is 2.41. The van der Waals surface area contributed by atoms with Gasteiger partial charge in [-0.1, -0.05) is 0 Å². The van der Waals surface area contributed by atoms with Crippen LogP contribution in [0.1, 0.15) is 32.3 Å². The first-order valence-electron chi connectivity index (χ1n) is 4.86. The fourth-order valence-electron chi connectivity index (χ4n) is 1.01. The number of alkyl carbamates (subject to hydrolysis) is 1. The number of hydrogen-bond acceptors (Lipinski definition) is 4. The lowest BCUT2D eigenvalue weighted by Crippen LogP contribution is -2.32. The highest BCUT2D eigenvalue weighted by atomic mass is 16.6. The van der Waals surface area contributed by atoms with Gasteiger partial charge in [0.05, 0.1) is 6.54 Å². The molecule has 1 aromatic rings. The number of furan rings is 1. The maximum Gasteiger partial charge on any atom is 0.408 e. The molecule has 1 heterocycles. The zero-order valence-corrected chi connectivity index (χ0v) is 9.53. The summed E-state index contributed by atoms with van der Waals surface area (Å²) in [5, 5.41) is 11.1. The van der Waals surface area contributed by atoms with Crippen LogP contribution in [0.4, 0.5) is 4.79 Å². The Morgan fingerprint density at radius 2 is 2.25 bits per heavy atom. The van der Waals surface area contributed by atoms with E-state index < -0.39 is 11.7 Å². The number of nitrogens with one attached hydrogen (secondary N) is 1. The van der Waals surface area contributed by atoms with Gasteiger partial charge in [0, 0.05) is 0 Å². The van der Waals surface area contributed by atoms with Crippen molar-refractivity contribution in [2.24, 2.45) is 0 Å². The molecule has 0 unspecified atom stereocenters. The Bertz CT molecular complexity index is 410. The van der Waals surface area contributed by atoms with Gasteiger partial charge in [-0.15, -0.1) is 0 Å². The van der Waals surface area contributed by atoms with Gasteiger partial charge in [-0.05, 0) is 32.9 Å². The molecule has 0 aliphatic heterocycles. The SMILES string of the molecule is CC(C)(C)OC(=O)NCc1ccc(C#N)o1. The third-order valence-electron chi connectivity index (χ3n) is 1.58. The summed E-state index contributed by atoms with van der Waals surface area (Å²) in [7, 11) is 0. The lowest BCUT2D eigenvalue weighted by Gasteiger charge is -2.19. The van der Waals surface area contributed by atoms with Crippen LogP contribution in [0.15, 0.2) is 16.5 Å². The molecule has 0 radical (unpaired) electrons. The summed E-state index contributed by atoms with van der Waals surface area (Å²) in [5.74, 6) is 0.739. The number of carbonyl (C=O) groups is 1. The molecule has 0 bridgehead atoms. The summed E-state index contributed by atoms with van der Waals surface area (Å²) in [6, 6.07) is 5.05. The predicted octanol–water partition coefficient (Wildman–Crippen LogP) is 2.18. The van der Waals surface area contributed by atoms with Gasteiger partial charge in [-0.2, -0.15) is 5.26 Å². The number of nitrogens with zero attached hydrogens (tertiary/aromatic N) is 1. The molecule has 1 rings (SSSR count). The Morgan fingerprint density at radius 1 is 1.56 bits per heavy atom. The molecule has 86 valence electrons. The average molecular weight is 222 g/mol. The van der Waals surface area contributed by atoms with Gasteiger partial charge in [0.1, 0.15) is 17.4 Å². The number of amides is 1. The van der Waals surface area contributed by atoms with Crippen LogP contribution in [0.25, 0.3) is 0 Å². The van der Waals surface area contributed by atoms with Gasteiger partial charge in [0.15, 0.2) is 0 Å². The Labute approximate surface area is 94.0 Å². The van der Waals surface area contributed by atoms with Gasteiger partial charge in [-0.25, -0.2) is 4.79 Å². The Kier molecular flexibility index (Phi) is 3.56. The van der Waals surface area contributed by atoms with Crippen molar-refractivity contribution in [3.05, 3.63) is 23.7 Å². The molecule has 0 atom stereocenters. The van der Waals surface area contributed by atoms with E-state index in [1.54, 1.807) is 32.9 Å². The number of ether oxygens (including phenoxy) is 1. The minimum Gasteiger partial charge on any atom is -0.449 e. The second kappa shape index (κ2) is 4.71. The van der Waals surface area contributed by atoms with Gasteiger partial charge in [-0.3, -0.25) is 0 Å². The fraction of sp³-hybridized carbons (Fsp3) is 0.455. The molecular formula is C11H14N2O3. The van der Waals surface area contributed by atoms with Crippen LogP contribution in [-0.2, 0) is 11.3 Å². The normalized spacial score (nSPS) is 10.6. The maximum absolute atomic E-state index is 11.3. The lowest BCUT2D eigenvalue weighted by atomic mass is 10.2. The smallest absolute Gasteiger partial charge is 0.408 e. The van der Waals surface area contributed by atoms with E-state index in [2.05, 4.69) is 5.32 Å². The van der Waals surface area contributed by atoms with Crippen molar-refractivity contribution in [2.45, 2.75) is 32.9 Å². The molecule has 5 heteroatoms. The fourth-order valence-corrected chi connectivity index (χ4v) is 1.01. The van der Waals surface area contributed by atoms with E-state index in [9.17, 15) is 4.79 Å². The van der Waals surface area contributed by atoms with E-state index in [0.717, 1.165) is 0 Å². The summed E-state index contributed by atoms with van der Waals surface area (Å²) in [5.41, 5.74) is -0.523. The van der Waals surface area contributed by atoms with Crippen LogP contribution in [0.5, 0.6) is 0 Å². The second-order valence-electron chi connectivity index (χ2n) is 4.23. The van der Waals surface area contributed by atoms with E-state index in [1.165, 1.54) is 0 Å². The first kappa shape index (κ1) is 12.1. The van der Waals surface area contributed by atoms with Crippen molar-refractivity contribution < 1.29 is 13.9 Å². The highest BCUT2D eigenvalue weighted by Crippen LogP contribution is 2.08. The zero-order valence-electron chi connectivity index (χ0n) is 9.53. The molecule has 16 heavy (non-hydrogen) atoms. The highest BCUT2D eigenvalue weighted by Gasteiger charge is 2.16. The van der Waals surface area contributed by atoms with Crippen molar-refractivity contribution in [1.82, 2.24) is 5.32 Å². The molecular weight excluding hydrogens is 208 g/mol. The number of rotatable bonds is 2. The third-order valence-corrected chi connectivity index (χ3v) is 1.58. The van der Waals surface area contributed by atoms with E-state index in [0.29, 0.717) is 5.76 Å². The van der Waals surface area contributed by atoms with Crippen LogP contribution in [0.3, 0.4) is 0 Å². The molecule has 1 aromatic heterocycles. The first-order chi connectivity index (χ1) is 7.40. The zero-order chi connectivity index (χ0) is 12.2. The Hall–Kier alpha value is -1.96. The molecule has 1 N–H and O–H groups in total. The van der Waals surface area contributed by atoms with Crippen molar-refractivity contribution in [1.29, 1.82) is 5.26 Å². The largest absolute Gasteiger partial charge is 0.449 e. The minimum atomic E-state index is -0.523. The van der Waals surface area contributed by atoms with E-state index in [1.807, 2.05) is 6.07 Å². The average Bonchev–Trinajstić information content (AvgIpc) is 2.59. The van der Waals surface area contributed by atoms with Gasteiger partial charge < -0.3 is 14.5 Å². The van der Waals surface area contributed by atoms with E-state index in [-0.39, 0.29) is 12.3 Å². The first-order valence-corrected chi connectivity index (χ1v) is 4.86. The molecule has 0 fully saturated rings. The summed E-state index contributed by atoms with van der Waals surface area (Å²) in [6.45, 7) is 5.56. The molecule has 1 amide bonds. The van der Waals surface area contributed by atoms with Crippen molar-refractivity contribution >= 4 is 6.09 Å². The molecule has 0 saturated heterocycles. The summed E-state index contributed by atoms with van der Waals surface area (Å²) >= 11 is 0. The maximum atomic E-state index is 11.3. The number of hydrogen-bond donors (Lipinski definition) is 1. The van der Waals surface area contributed by atoms with Crippen molar-refractivity contribution in [3.8, 4) is 6.07 Å². The van der Waals surface area contributed by atoms with Crippen LogP contribution >= 0.6 is 0 Å². The summed E-state index contributed by atoms with van der Waals surface area (Å²) in [4.78, 5) is 11.3. The Morgan fingerprint density at radius 3 is 2.75 bits per heavy atom. The molecule has 0 aliphatic carbocycles. The molecule has 5 nitrogen and oxygen atoms in total. The monoisotopic (exact) mass is 222 g/mol. The molecule has 0 aromatic carbocycles. The molecule has 0 saturated carbocycles. The van der Waals surface area contributed by atoms with Gasteiger partial charge in [0.2, 0.25) is 5.76 Å². The molecule has 0 spiro atoms. The second-order valence-corrected chi connectivity index (χ2v) is 4.23. The van der Waals surface area contributed by atoms with Crippen LogP contribution in [-0.4, -0.2) is 11.7 Å². The van der Waals surface area contributed by atoms with E-state index in [4.69, 9.17) is 14.4 Å². The van der Waals surface area contributed by atoms with E-state index >= 15 is 0 Å². The quantitative estimate of drug-likeness (QED) is 0.832. The van der Waals surface area contributed by atoms with Gasteiger partial charge >= 0.3 is 6.09 Å². The van der Waals surface area contributed by atoms with Crippen LogP contribution in [0.2, 0.25) is 0 Å². The highest BCUT2D eigenvalue weighted by molar-refractivity contribution is 5.67. The summed E-state index contributed by atoms with van der Waals surface area (Å²) in [6.07, 6.45) is -0.512. The number of carbonyl (C=O) groups excluding carboxylic acids is 1. The van der Waals surface area contributed by atoms with Crippen molar-refractivity contribution in [3.63, 3.8) is 0 Å². The third kappa shape index (κ3) is 4.05. The predicted molar refractivity (Wildman–Crippen MR) is 56.5 cm³/mol.